The van der Waals surface area contributed by atoms with Crippen LogP contribution in [-0.2, 0) is 42.9 Å². The highest BCUT2D eigenvalue weighted by Crippen LogP contribution is 2.30. The summed E-state index contributed by atoms with van der Waals surface area (Å²) < 4.78 is 28.8. The fourth-order valence-electron chi connectivity index (χ4n) is 4.87. The first-order valence-corrected chi connectivity index (χ1v) is 16.8. The molecule has 0 aromatic rings. The van der Waals surface area contributed by atoms with E-state index in [1.165, 1.54) is 0 Å². The summed E-state index contributed by atoms with van der Waals surface area (Å²) in [5.41, 5.74) is 0. The van der Waals surface area contributed by atoms with Gasteiger partial charge < -0.3 is 33.5 Å². The second-order valence-corrected chi connectivity index (χ2v) is 12.3. The van der Waals surface area contributed by atoms with Crippen molar-refractivity contribution in [3.8, 4) is 0 Å². The van der Waals surface area contributed by atoms with Crippen molar-refractivity contribution < 1.29 is 42.9 Å². The number of unbranched alkanes of at least 4 members (excludes halogenated alkanes) is 8. The SMILES string of the molecule is CCCCCCCC(=O)O[C@@H]1[C@H](OC(=O)CCCN(C)C)O[C@H](COC(=O)CCCN(C)C)[C@@H]1OC(=O)CCCCCCC. The summed E-state index contributed by atoms with van der Waals surface area (Å²) in [6.07, 6.45) is 7.05. The monoisotopic (exact) mass is 628 g/mol. The fraction of sp³-hybridized carbons (Fsp3) is 0.879. The maximum atomic E-state index is 12.9. The number of hydrogen-bond donors (Lipinski definition) is 0. The van der Waals surface area contributed by atoms with E-state index in [2.05, 4.69) is 13.8 Å². The third kappa shape index (κ3) is 18.5. The van der Waals surface area contributed by atoms with Crippen LogP contribution < -0.4 is 0 Å². The van der Waals surface area contributed by atoms with Crippen molar-refractivity contribution in [1.29, 1.82) is 0 Å². The lowest BCUT2D eigenvalue weighted by molar-refractivity contribution is -0.200. The Kier molecular flexibility index (Phi) is 21.7. The topological polar surface area (TPSA) is 121 Å². The van der Waals surface area contributed by atoms with Crippen LogP contribution in [0.5, 0.6) is 0 Å². The number of esters is 4. The molecule has 0 aromatic heterocycles. The van der Waals surface area contributed by atoms with Gasteiger partial charge in [0.05, 0.1) is 0 Å². The number of nitrogens with zero attached hydrogens (tertiary/aromatic N) is 2. The predicted octanol–water partition coefficient (Wildman–Crippen LogP) is 5.03. The highest BCUT2D eigenvalue weighted by molar-refractivity contribution is 5.72. The van der Waals surface area contributed by atoms with Crippen LogP contribution in [0.4, 0.5) is 0 Å². The highest BCUT2D eigenvalue weighted by atomic mass is 16.8. The fourth-order valence-corrected chi connectivity index (χ4v) is 4.87. The Morgan fingerprint density at radius 1 is 0.545 bits per heavy atom. The Labute approximate surface area is 265 Å². The number of carbonyl (C=O) groups excluding carboxylic acids is 4. The van der Waals surface area contributed by atoms with Gasteiger partial charge in [0.1, 0.15) is 12.7 Å². The molecule has 0 saturated carbocycles. The number of ether oxygens (including phenoxy) is 5. The molecule has 0 bridgehead atoms. The summed E-state index contributed by atoms with van der Waals surface area (Å²) in [7, 11) is 7.68. The summed E-state index contributed by atoms with van der Waals surface area (Å²) in [5.74, 6) is -1.87. The van der Waals surface area contributed by atoms with Crippen LogP contribution in [0.15, 0.2) is 0 Å². The molecule has 0 amide bonds. The van der Waals surface area contributed by atoms with Gasteiger partial charge in [-0.15, -0.1) is 0 Å². The van der Waals surface area contributed by atoms with Gasteiger partial charge in [-0.3, -0.25) is 19.2 Å². The summed E-state index contributed by atoms with van der Waals surface area (Å²) in [5, 5.41) is 0. The Morgan fingerprint density at radius 2 is 0.977 bits per heavy atom. The Bertz CT molecular complexity index is 821. The second kappa shape index (κ2) is 24.1. The maximum Gasteiger partial charge on any atom is 0.308 e. The zero-order chi connectivity index (χ0) is 32.7. The lowest BCUT2D eigenvalue weighted by atomic mass is 10.1. The first-order chi connectivity index (χ1) is 21.1. The summed E-state index contributed by atoms with van der Waals surface area (Å²) in [4.78, 5) is 54.9. The van der Waals surface area contributed by atoms with Crippen LogP contribution >= 0.6 is 0 Å². The molecule has 1 fully saturated rings. The average Bonchev–Trinajstić information content (AvgIpc) is 3.25. The molecule has 0 unspecified atom stereocenters. The second-order valence-electron chi connectivity index (χ2n) is 12.3. The Morgan fingerprint density at radius 3 is 1.48 bits per heavy atom. The molecule has 1 rings (SSSR count). The van der Waals surface area contributed by atoms with Crippen LogP contribution in [0.2, 0.25) is 0 Å². The molecular weight excluding hydrogens is 568 g/mol. The molecule has 0 aromatic carbocycles. The highest BCUT2D eigenvalue weighted by Gasteiger charge is 2.52. The lowest BCUT2D eigenvalue weighted by Gasteiger charge is -2.24. The molecule has 1 aliphatic heterocycles. The summed E-state index contributed by atoms with van der Waals surface area (Å²) in [6.45, 7) is 5.45. The Balaban J connectivity index is 3.02. The third-order valence-electron chi connectivity index (χ3n) is 7.40. The van der Waals surface area contributed by atoms with Gasteiger partial charge in [0.25, 0.3) is 0 Å². The molecule has 11 heteroatoms. The van der Waals surface area contributed by atoms with Crippen molar-refractivity contribution in [2.24, 2.45) is 0 Å². The van der Waals surface area contributed by atoms with Crippen molar-refractivity contribution in [2.45, 2.75) is 141 Å². The molecule has 1 aliphatic rings. The van der Waals surface area contributed by atoms with Crippen molar-refractivity contribution in [2.75, 3.05) is 47.9 Å². The van der Waals surface area contributed by atoms with Crippen LogP contribution in [0.1, 0.15) is 117 Å². The van der Waals surface area contributed by atoms with Crippen molar-refractivity contribution in [1.82, 2.24) is 9.80 Å². The van der Waals surface area contributed by atoms with E-state index in [1.54, 1.807) is 0 Å². The van der Waals surface area contributed by atoms with Crippen LogP contribution in [0.25, 0.3) is 0 Å². The van der Waals surface area contributed by atoms with Gasteiger partial charge in [0.15, 0.2) is 6.10 Å². The lowest BCUT2D eigenvalue weighted by Crippen LogP contribution is -2.42. The van der Waals surface area contributed by atoms with Gasteiger partial charge in [0.2, 0.25) is 12.4 Å². The molecule has 44 heavy (non-hydrogen) atoms. The van der Waals surface area contributed by atoms with E-state index >= 15 is 0 Å². The zero-order valence-corrected chi connectivity index (χ0v) is 28.3. The smallest absolute Gasteiger partial charge is 0.308 e. The molecule has 11 nitrogen and oxygen atoms in total. The van der Waals surface area contributed by atoms with E-state index in [0.717, 1.165) is 57.9 Å². The van der Waals surface area contributed by atoms with E-state index in [1.807, 2.05) is 38.0 Å². The molecule has 0 N–H and O–H groups in total. The summed E-state index contributed by atoms with van der Waals surface area (Å²) in [6, 6.07) is 0. The van der Waals surface area contributed by atoms with E-state index in [4.69, 9.17) is 23.7 Å². The van der Waals surface area contributed by atoms with Crippen molar-refractivity contribution in [3.63, 3.8) is 0 Å². The quantitative estimate of drug-likeness (QED) is 0.0769. The molecular formula is C33H60N2O9. The number of carbonyl (C=O) groups is 4. The van der Waals surface area contributed by atoms with E-state index in [0.29, 0.717) is 32.2 Å². The standard InChI is InChI=1S/C33H60N2O9/c1-7-9-11-13-15-19-28(37)42-31-26(25-40-27(36)21-17-23-34(3)4)41-33(44-30(39)22-18-24-35(5)6)32(31)43-29(38)20-16-14-12-10-8-2/h26,31-33H,7-25H2,1-6H3/t26-,31+,32+,33+/m1/s1. The Hall–Kier alpha value is -2.24. The normalized spacial score (nSPS) is 19.7. The molecule has 1 heterocycles. The first kappa shape index (κ1) is 39.8. The van der Waals surface area contributed by atoms with Crippen LogP contribution in [-0.4, -0.2) is 106 Å². The predicted molar refractivity (Wildman–Crippen MR) is 168 cm³/mol. The molecule has 4 atom stereocenters. The van der Waals surface area contributed by atoms with Gasteiger partial charge in [-0.25, -0.2) is 0 Å². The van der Waals surface area contributed by atoms with E-state index in [9.17, 15) is 19.2 Å². The zero-order valence-electron chi connectivity index (χ0n) is 28.3. The molecule has 0 spiro atoms. The molecule has 256 valence electrons. The first-order valence-electron chi connectivity index (χ1n) is 16.8. The van der Waals surface area contributed by atoms with Crippen molar-refractivity contribution in [3.05, 3.63) is 0 Å². The van der Waals surface area contributed by atoms with Gasteiger partial charge in [-0.05, 0) is 67.0 Å². The minimum absolute atomic E-state index is 0.143. The van der Waals surface area contributed by atoms with E-state index in [-0.39, 0.29) is 32.3 Å². The minimum atomic E-state index is -1.29. The minimum Gasteiger partial charge on any atom is -0.463 e. The van der Waals surface area contributed by atoms with Crippen LogP contribution in [0, 0.1) is 0 Å². The number of hydrogen-bond acceptors (Lipinski definition) is 11. The molecule has 1 saturated heterocycles. The van der Waals surface area contributed by atoms with Gasteiger partial charge in [0, 0.05) is 25.7 Å². The van der Waals surface area contributed by atoms with Gasteiger partial charge in [-0.1, -0.05) is 65.2 Å². The molecule has 0 radical (unpaired) electrons. The van der Waals surface area contributed by atoms with Crippen molar-refractivity contribution >= 4 is 23.9 Å². The number of rotatable bonds is 25. The van der Waals surface area contributed by atoms with E-state index < -0.39 is 48.5 Å². The summed E-state index contributed by atoms with van der Waals surface area (Å²) >= 11 is 0. The van der Waals surface area contributed by atoms with Gasteiger partial charge in [-0.2, -0.15) is 0 Å². The largest absolute Gasteiger partial charge is 0.463 e. The van der Waals surface area contributed by atoms with Crippen LogP contribution in [0.3, 0.4) is 0 Å². The maximum absolute atomic E-state index is 12.9. The molecule has 0 aliphatic carbocycles. The average molecular weight is 629 g/mol. The van der Waals surface area contributed by atoms with Gasteiger partial charge >= 0.3 is 23.9 Å². The third-order valence-corrected chi connectivity index (χ3v) is 7.40.